The van der Waals surface area contributed by atoms with Gasteiger partial charge in [-0.05, 0) is 28.2 Å². The molecule has 4 aromatic heterocycles. The van der Waals surface area contributed by atoms with E-state index >= 15 is 0 Å². The molecule has 0 saturated carbocycles. The Kier molecular flexibility index (Phi) is 8.98. The first-order valence-corrected chi connectivity index (χ1v) is 21.4. The predicted octanol–water partition coefficient (Wildman–Crippen LogP) is 12.6. The minimum absolute atomic E-state index is 0.0141. The van der Waals surface area contributed by atoms with Gasteiger partial charge in [0.2, 0.25) is 0 Å². The van der Waals surface area contributed by atoms with Gasteiger partial charge in [-0.3, -0.25) is 0 Å². The zero-order valence-electron chi connectivity index (χ0n) is 33.6. The Hall–Kier alpha value is -5.77. The Labute approximate surface area is 350 Å². The fourth-order valence-electron chi connectivity index (χ4n) is 8.82. The van der Waals surface area contributed by atoms with Gasteiger partial charge in [0.25, 0.3) is 0 Å². The summed E-state index contributed by atoms with van der Waals surface area (Å²) in [4.78, 5) is 4.94. The first-order chi connectivity index (χ1) is 28.1. The Morgan fingerprint density at radius 1 is 0.603 bits per heavy atom. The topological polar surface area (TPSA) is 36.4 Å². The van der Waals surface area contributed by atoms with E-state index in [0.29, 0.717) is 0 Å². The first-order valence-electron chi connectivity index (χ1n) is 20.3. The minimum atomic E-state index is -0.0141. The summed E-state index contributed by atoms with van der Waals surface area (Å²) in [6.07, 6.45) is 8.28. The van der Waals surface area contributed by atoms with Crippen LogP contribution in [0.4, 0.5) is 0 Å². The third-order valence-electron chi connectivity index (χ3n) is 12.3. The number of pyridine rings is 2. The maximum atomic E-state index is 6.76. The van der Waals surface area contributed by atoms with Crippen molar-refractivity contribution < 1.29 is 24.1 Å². The van der Waals surface area contributed by atoms with Crippen LogP contribution in [-0.2, 0) is 50.5 Å². The molecule has 0 N–H and O–H groups in total. The predicted molar refractivity (Wildman–Crippen MR) is 233 cm³/mol. The zero-order chi connectivity index (χ0) is 39.7. The van der Waals surface area contributed by atoms with Gasteiger partial charge in [-0.2, -0.15) is 0 Å². The second-order valence-electron chi connectivity index (χ2n) is 16.8. The molecule has 2 aliphatic heterocycles. The molecule has 6 heteroatoms. The van der Waals surface area contributed by atoms with Crippen LogP contribution in [0.15, 0.2) is 140 Å². The number of aryl methyl sites for hydroxylation is 4. The second kappa shape index (κ2) is 14.3. The van der Waals surface area contributed by atoms with E-state index < -0.39 is 0 Å². The van der Waals surface area contributed by atoms with E-state index in [-0.39, 0.29) is 5.41 Å². The van der Waals surface area contributed by atoms with Crippen molar-refractivity contribution in [2.45, 2.75) is 65.7 Å². The third-order valence-corrected chi connectivity index (χ3v) is 13.3. The number of fused-ring (bicyclic) bond motifs is 3. The fourth-order valence-corrected chi connectivity index (χ4v) is 9.86. The Balaban J connectivity index is 1.05. The molecule has 0 atom stereocenters. The van der Waals surface area contributed by atoms with Crippen molar-refractivity contribution >= 4 is 27.3 Å². The molecule has 0 amide bonds. The van der Waals surface area contributed by atoms with Gasteiger partial charge in [-0.15, -0.1) is 0 Å². The van der Waals surface area contributed by atoms with Gasteiger partial charge in [0.05, 0.1) is 0 Å². The van der Waals surface area contributed by atoms with Crippen LogP contribution in [0.25, 0.3) is 50.0 Å². The second-order valence-corrected chi connectivity index (χ2v) is 17.8. The summed E-state index contributed by atoms with van der Waals surface area (Å²) in [6.45, 7) is 11.3. The average molecular weight is 938 g/mol. The van der Waals surface area contributed by atoms with E-state index in [2.05, 4.69) is 195 Å². The molecule has 13 rings (SSSR count). The van der Waals surface area contributed by atoms with Crippen molar-refractivity contribution in [2.75, 3.05) is 0 Å². The number of hydrogen-bond acceptors (Lipinski definition) is 2. The van der Waals surface area contributed by atoms with E-state index in [4.69, 9.17) is 9.72 Å². The van der Waals surface area contributed by atoms with E-state index in [1.54, 1.807) is 0 Å². The number of aromatic nitrogens is 4. The molecule has 5 aromatic carbocycles. The summed E-state index contributed by atoms with van der Waals surface area (Å²) in [5, 5.41) is 2.34. The number of nitrogens with zero attached hydrogens (tertiary/aromatic N) is 4. The number of imidazole rings is 1. The SMILES string of the molecule is Cc1c2ccc(c1C)CCc1ccc(c3cn(-c4cccc(Oc5ccc6c7cc(-c8ccccc8)ccc7n(-c7cc(C(C)(C)C)ccn7)c6c5)c4)[c](=[Pt])n13)CC2. The molecule has 58 heavy (non-hydrogen) atoms. The first kappa shape index (κ1) is 36.6. The molecule has 4 aliphatic rings. The summed E-state index contributed by atoms with van der Waals surface area (Å²) < 4.78 is 15.0. The van der Waals surface area contributed by atoms with Gasteiger partial charge in [0.15, 0.2) is 0 Å². The van der Waals surface area contributed by atoms with Crippen LogP contribution in [-0.4, -0.2) is 18.5 Å². The van der Waals surface area contributed by atoms with Gasteiger partial charge in [-0.25, -0.2) is 0 Å². The number of hydrogen-bond donors (Lipinski definition) is 0. The van der Waals surface area contributed by atoms with Crippen LogP contribution in [0.1, 0.15) is 59.8 Å². The zero-order valence-corrected chi connectivity index (χ0v) is 35.9. The van der Waals surface area contributed by atoms with Crippen molar-refractivity contribution in [3.63, 3.8) is 0 Å². The van der Waals surface area contributed by atoms with Crippen LogP contribution < -0.4 is 4.74 Å². The van der Waals surface area contributed by atoms with Crippen LogP contribution in [0.3, 0.4) is 0 Å². The van der Waals surface area contributed by atoms with Gasteiger partial charge in [0.1, 0.15) is 0 Å². The molecule has 9 aromatic rings. The normalized spacial score (nSPS) is 13.1. The van der Waals surface area contributed by atoms with Gasteiger partial charge >= 0.3 is 261 Å². The van der Waals surface area contributed by atoms with Crippen molar-refractivity contribution in [3.05, 3.63) is 183 Å². The number of benzene rings is 5. The maximum absolute atomic E-state index is 6.76. The van der Waals surface area contributed by atoms with Crippen molar-refractivity contribution in [3.8, 4) is 34.1 Å². The van der Waals surface area contributed by atoms with Crippen molar-refractivity contribution in [1.82, 2.24) is 18.5 Å². The van der Waals surface area contributed by atoms with E-state index in [9.17, 15) is 0 Å². The molecule has 6 heterocycles. The molecular weight excluding hydrogens is 892 g/mol. The summed E-state index contributed by atoms with van der Waals surface area (Å²) in [7, 11) is 0. The summed E-state index contributed by atoms with van der Waals surface area (Å²) in [6, 6.07) is 46.1. The fraction of sp³-hybridized carbons (Fsp3) is 0.192. The van der Waals surface area contributed by atoms with Crippen LogP contribution >= 0.6 is 0 Å². The molecule has 0 unspecified atom stereocenters. The number of ether oxygens (including phenoxy) is 1. The van der Waals surface area contributed by atoms with Crippen LogP contribution in [0.5, 0.6) is 11.5 Å². The molecule has 290 valence electrons. The Bertz CT molecular complexity index is 3120. The van der Waals surface area contributed by atoms with Crippen molar-refractivity contribution in [1.29, 1.82) is 0 Å². The molecule has 5 nitrogen and oxygen atoms in total. The van der Waals surface area contributed by atoms with Gasteiger partial charge in [0, 0.05) is 6.20 Å². The van der Waals surface area contributed by atoms with Crippen LogP contribution in [0.2, 0.25) is 0 Å². The molecule has 0 spiro atoms. The van der Waals surface area contributed by atoms with Gasteiger partial charge in [-0.1, -0.05) is 57.2 Å². The monoisotopic (exact) mass is 937 g/mol. The van der Waals surface area contributed by atoms with Gasteiger partial charge < -0.3 is 0 Å². The van der Waals surface area contributed by atoms with E-state index in [1.165, 1.54) is 61.1 Å². The van der Waals surface area contributed by atoms with E-state index in [1.807, 2.05) is 12.3 Å². The van der Waals surface area contributed by atoms with Crippen molar-refractivity contribution in [2.24, 2.45) is 0 Å². The molecule has 0 radical (unpaired) electrons. The molecular formula is C52H46N4OPt. The quantitative estimate of drug-likeness (QED) is 0.172. The van der Waals surface area contributed by atoms with Crippen LogP contribution in [0, 0.1) is 17.7 Å². The Morgan fingerprint density at radius 3 is 2.14 bits per heavy atom. The van der Waals surface area contributed by atoms with E-state index in [0.717, 1.165) is 68.9 Å². The molecule has 2 aliphatic carbocycles. The number of rotatable bonds is 5. The molecule has 4 bridgehead atoms. The Morgan fingerprint density at radius 2 is 1.34 bits per heavy atom. The molecule has 0 saturated heterocycles. The summed E-state index contributed by atoms with van der Waals surface area (Å²) in [5.41, 5.74) is 16.6. The summed E-state index contributed by atoms with van der Waals surface area (Å²) >= 11 is 2.51. The summed E-state index contributed by atoms with van der Waals surface area (Å²) in [5.74, 6) is 2.46. The molecule has 0 fully saturated rings. The standard InChI is InChI=1S/C52H46N4O.Pt/c1-34-35(2)37-15-14-36(34)16-17-39-19-22-42(21-18-37)55-33-54(32-50(39)55)43-12-9-13-44(30-43)57-45-23-24-46-47-28-40(38-10-7-6-8-11-38)20-25-48(47)56(49(46)31-45)51-29-41(26-27-53-51)52(3,4)5;/h6-15,19-20,22-32H,16-18,21H2,1-5H3;. The average Bonchev–Trinajstić information content (AvgIpc) is 3.75. The third kappa shape index (κ3) is 6.37.